The summed E-state index contributed by atoms with van der Waals surface area (Å²) in [5.74, 6) is 2.63. The highest BCUT2D eigenvalue weighted by Gasteiger charge is 2.65. The Bertz CT molecular complexity index is 636. The Morgan fingerprint density at radius 1 is 0.750 bits per heavy atom. The van der Waals surface area contributed by atoms with Gasteiger partial charge < -0.3 is 0 Å². The maximum atomic E-state index is 12.9. The van der Waals surface area contributed by atoms with Crippen molar-refractivity contribution < 1.29 is 19.4 Å². The number of rotatable bonds is 6. The first-order valence-electron chi connectivity index (χ1n) is 10.8. The largest absolute Gasteiger partial charge is 0.310 e. The molecule has 0 unspecified atom stereocenters. The van der Waals surface area contributed by atoms with Crippen molar-refractivity contribution in [1.29, 1.82) is 0 Å². The Morgan fingerprint density at radius 3 is 1.71 bits per heavy atom. The average Bonchev–Trinajstić information content (AvgIpc) is 2.65. The summed E-state index contributed by atoms with van der Waals surface area (Å²) in [7, 11) is -9.56. The molecule has 0 amide bonds. The van der Waals surface area contributed by atoms with Gasteiger partial charge in [-0.25, -0.2) is 0 Å². The molecule has 2 aliphatic carbocycles. The van der Waals surface area contributed by atoms with Crippen LogP contribution in [0.5, 0.6) is 0 Å². The molecule has 1 aromatic carbocycles. The topological polar surface area (TPSA) is 0 Å². The second-order valence-corrected chi connectivity index (χ2v) is 11.5. The minimum atomic E-state index is -9.56. The molecule has 0 aromatic heterocycles. The van der Waals surface area contributed by atoms with Gasteiger partial charge in [-0.05, 0) is 79.9 Å². The van der Waals surface area contributed by atoms with E-state index in [1.54, 1.807) is 0 Å². The monoisotopic (exact) mass is 424 g/mol. The molecule has 0 bridgehead atoms. The van der Waals surface area contributed by atoms with Crippen molar-refractivity contribution in [3.8, 4) is 0 Å². The first-order valence-corrected chi connectivity index (χ1v) is 12.8. The van der Waals surface area contributed by atoms with Crippen LogP contribution < -0.4 is 0 Å². The summed E-state index contributed by atoms with van der Waals surface area (Å²) in [4.78, 5) is -1.78. The highest BCUT2D eigenvalue weighted by molar-refractivity contribution is 8.45. The van der Waals surface area contributed by atoms with Crippen LogP contribution in [0.25, 0.3) is 0 Å². The van der Waals surface area contributed by atoms with Gasteiger partial charge >= 0.3 is 10.2 Å². The number of hydrogen-bond donors (Lipinski definition) is 0. The third kappa shape index (κ3) is 5.64. The molecular weight excluding hydrogens is 391 g/mol. The normalized spacial score (nSPS) is 31.8. The molecule has 0 nitrogen and oxygen atoms in total. The standard InChI is InChI=1S/C22H33F5S/c1-2-3-4-17-5-7-18(8-6-17)19-9-11-20(12-10-19)21-13-15-22(16-14-21)28(23,24,25,26)27/h13-20H,2-12H2,1H3. The lowest BCUT2D eigenvalue weighted by atomic mass is 9.68. The molecular formula is C22H33F5S. The zero-order chi connectivity index (χ0) is 20.5. The quantitative estimate of drug-likeness (QED) is 0.399. The Kier molecular flexibility index (Phi) is 5.85. The van der Waals surface area contributed by atoms with Crippen molar-refractivity contribution in [3.63, 3.8) is 0 Å². The summed E-state index contributed by atoms with van der Waals surface area (Å²) in [6, 6.07) is 3.66. The van der Waals surface area contributed by atoms with Gasteiger partial charge in [0.15, 0.2) is 0 Å². The molecule has 162 valence electrons. The lowest BCUT2D eigenvalue weighted by Gasteiger charge is -2.41. The fourth-order valence-corrected chi connectivity index (χ4v) is 6.01. The van der Waals surface area contributed by atoms with E-state index in [0.29, 0.717) is 12.1 Å². The van der Waals surface area contributed by atoms with E-state index in [4.69, 9.17) is 0 Å². The molecule has 3 rings (SSSR count). The van der Waals surface area contributed by atoms with Gasteiger partial charge in [-0.1, -0.05) is 70.6 Å². The Morgan fingerprint density at radius 2 is 1.25 bits per heavy atom. The molecule has 2 saturated carbocycles. The van der Waals surface area contributed by atoms with Crippen molar-refractivity contribution in [2.45, 2.75) is 88.4 Å². The number of unbranched alkanes of at least 4 members (excludes halogenated alkanes) is 1. The minimum absolute atomic E-state index is 0.199. The van der Waals surface area contributed by atoms with Gasteiger partial charge in [0.1, 0.15) is 4.90 Å². The van der Waals surface area contributed by atoms with Crippen LogP contribution >= 0.6 is 10.2 Å². The molecule has 28 heavy (non-hydrogen) atoms. The van der Waals surface area contributed by atoms with Gasteiger partial charge in [-0.2, -0.15) is 0 Å². The van der Waals surface area contributed by atoms with Gasteiger partial charge in [-0.3, -0.25) is 0 Å². The van der Waals surface area contributed by atoms with Gasteiger partial charge in [0.05, 0.1) is 0 Å². The van der Waals surface area contributed by atoms with Gasteiger partial charge in [0, 0.05) is 0 Å². The third-order valence-corrected chi connectivity index (χ3v) is 8.26. The highest BCUT2D eigenvalue weighted by Crippen LogP contribution is 3.02. The smallest absolute Gasteiger partial charge is 0.0936 e. The molecule has 0 atom stereocenters. The summed E-state index contributed by atoms with van der Waals surface area (Å²) in [6.07, 6.45) is 13.4. The average molecular weight is 425 g/mol. The minimum Gasteiger partial charge on any atom is -0.0936 e. The van der Waals surface area contributed by atoms with Gasteiger partial charge in [-0.15, -0.1) is 0 Å². The highest BCUT2D eigenvalue weighted by atomic mass is 32.5. The van der Waals surface area contributed by atoms with E-state index in [1.165, 1.54) is 57.1 Å². The van der Waals surface area contributed by atoms with Crippen LogP contribution in [-0.4, -0.2) is 0 Å². The van der Waals surface area contributed by atoms with E-state index in [2.05, 4.69) is 6.92 Å². The predicted octanol–water partition coefficient (Wildman–Crippen LogP) is 9.61. The van der Waals surface area contributed by atoms with E-state index < -0.39 is 15.1 Å². The zero-order valence-corrected chi connectivity index (χ0v) is 17.5. The van der Waals surface area contributed by atoms with E-state index in [9.17, 15) is 19.4 Å². The van der Waals surface area contributed by atoms with Crippen molar-refractivity contribution in [2.24, 2.45) is 17.8 Å². The van der Waals surface area contributed by atoms with Gasteiger partial charge in [0.2, 0.25) is 0 Å². The molecule has 2 fully saturated rings. The van der Waals surface area contributed by atoms with Crippen LogP contribution in [0.3, 0.4) is 0 Å². The van der Waals surface area contributed by atoms with Crippen LogP contribution in [0.15, 0.2) is 29.2 Å². The first-order chi connectivity index (χ1) is 13.0. The van der Waals surface area contributed by atoms with Crippen LogP contribution in [0, 0.1) is 17.8 Å². The molecule has 2 aliphatic rings. The zero-order valence-electron chi connectivity index (χ0n) is 16.7. The Balaban J connectivity index is 1.51. The fraction of sp³-hybridized carbons (Fsp3) is 0.727. The summed E-state index contributed by atoms with van der Waals surface area (Å²) >= 11 is 0. The van der Waals surface area contributed by atoms with E-state index in [-0.39, 0.29) is 5.92 Å². The summed E-state index contributed by atoms with van der Waals surface area (Å²) in [5, 5.41) is 0. The van der Waals surface area contributed by atoms with Crippen LogP contribution in [0.4, 0.5) is 19.4 Å². The van der Waals surface area contributed by atoms with Crippen LogP contribution in [0.2, 0.25) is 0 Å². The van der Waals surface area contributed by atoms with Gasteiger partial charge in [0.25, 0.3) is 0 Å². The summed E-state index contributed by atoms with van der Waals surface area (Å²) in [6.45, 7) is 2.24. The van der Waals surface area contributed by atoms with Crippen molar-refractivity contribution in [1.82, 2.24) is 0 Å². The lowest BCUT2D eigenvalue weighted by molar-refractivity contribution is 0.156. The fourth-order valence-electron chi connectivity index (χ4n) is 5.36. The maximum Gasteiger partial charge on any atom is 0.310 e. The van der Waals surface area contributed by atoms with E-state index in [1.807, 2.05) is 0 Å². The second-order valence-electron chi connectivity index (χ2n) is 9.07. The van der Waals surface area contributed by atoms with E-state index in [0.717, 1.165) is 49.0 Å². The molecule has 0 radical (unpaired) electrons. The molecule has 1 aromatic rings. The molecule has 0 spiro atoms. The Hall–Kier alpha value is -0.780. The lowest BCUT2D eigenvalue weighted by Crippen LogP contribution is -2.25. The second kappa shape index (κ2) is 7.48. The SMILES string of the molecule is CCCCC1CCC(C2CCC(c3ccc(S(F)(F)(F)(F)F)cc3)CC2)CC1. The molecule has 0 N–H and O–H groups in total. The molecule has 0 saturated heterocycles. The number of halogens is 5. The predicted molar refractivity (Wildman–Crippen MR) is 108 cm³/mol. The summed E-state index contributed by atoms with van der Waals surface area (Å²) in [5.41, 5.74) is 0.771. The molecule has 0 aliphatic heterocycles. The van der Waals surface area contributed by atoms with Crippen LogP contribution in [-0.2, 0) is 0 Å². The first kappa shape index (κ1) is 21.9. The maximum absolute atomic E-state index is 12.9. The van der Waals surface area contributed by atoms with Crippen LogP contribution in [0.1, 0.15) is 89.0 Å². The van der Waals surface area contributed by atoms with E-state index >= 15 is 0 Å². The molecule has 6 heteroatoms. The van der Waals surface area contributed by atoms with Crippen molar-refractivity contribution in [3.05, 3.63) is 29.8 Å². The summed E-state index contributed by atoms with van der Waals surface area (Å²) < 4.78 is 64.4. The number of hydrogen-bond acceptors (Lipinski definition) is 0. The Labute approximate surface area is 166 Å². The third-order valence-electron chi connectivity index (χ3n) is 7.09. The number of benzene rings is 1. The van der Waals surface area contributed by atoms with Crippen molar-refractivity contribution in [2.75, 3.05) is 0 Å². The molecule has 0 heterocycles. The van der Waals surface area contributed by atoms with Crippen molar-refractivity contribution >= 4 is 10.2 Å².